The molecule has 0 saturated carbocycles. The van der Waals surface area contributed by atoms with Gasteiger partial charge < -0.3 is 0 Å². The van der Waals surface area contributed by atoms with Crippen LogP contribution >= 0.6 is 11.6 Å². The topological polar surface area (TPSA) is 17.1 Å². The lowest BCUT2D eigenvalue weighted by Crippen LogP contribution is -1.84. The van der Waals surface area contributed by atoms with E-state index in [1.165, 1.54) is 6.08 Å². The lowest BCUT2D eigenvalue weighted by Gasteiger charge is -1.85. The molecule has 0 bridgehead atoms. The number of carbonyl (C=O) groups excluding carboxylic acids is 1. The van der Waals surface area contributed by atoms with Crippen LogP contribution in [0, 0.1) is 0 Å². The van der Waals surface area contributed by atoms with Gasteiger partial charge in [-0.3, -0.25) is 4.79 Å². The van der Waals surface area contributed by atoms with Crippen molar-refractivity contribution in [3.05, 3.63) is 11.1 Å². The lowest BCUT2D eigenvalue weighted by molar-refractivity contribution is -0.124. The number of rotatable bonds is 3. The van der Waals surface area contributed by atoms with Crippen molar-refractivity contribution in [2.75, 3.05) is 0 Å². The fourth-order valence-corrected chi connectivity index (χ4v) is 0.460. The Hall–Kier alpha value is -0.370. The van der Waals surface area contributed by atoms with E-state index in [1.807, 2.05) is 6.92 Å². The van der Waals surface area contributed by atoms with E-state index in [9.17, 15) is 9.18 Å². The molecule has 0 atom stereocenters. The Kier molecular flexibility index (Phi) is 4.32. The Morgan fingerprint density at radius 1 is 1.78 bits per heavy atom. The monoisotopic (exact) mass is 150 g/mol. The van der Waals surface area contributed by atoms with Crippen LogP contribution in [0.3, 0.4) is 0 Å². The van der Waals surface area contributed by atoms with E-state index in [-0.39, 0.29) is 5.03 Å². The van der Waals surface area contributed by atoms with E-state index >= 15 is 0 Å². The molecule has 0 unspecified atom stereocenters. The van der Waals surface area contributed by atoms with E-state index in [0.717, 1.165) is 6.42 Å². The summed E-state index contributed by atoms with van der Waals surface area (Å²) in [5.74, 6) is 0. The van der Waals surface area contributed by atoms with Gasteiger partial charge in [0.1, 0.15) is 5.03 Å². The van der Waals surface area contributed by atoms with Gasteiger partial charge in [-0.1, -0.05) is 31.0 Å². The highest BCUT2D eigenvalue weighted by Gasteiger charge is 2.00. The summed E-state index contributed by atoms with van der Waals surface area (Å²) in [6, 6.07) is -1.55. The second kappa shape index (κ2) is 4.50. The highest BCUT2D eigenvalue weighted by molar-refractivity contribution is 6.41. The molecule has 0 aromatic rings. The Bertz CT molecular complexity index is 131. The van der Waals surface area contributed by atoms with Gasteiger partial charge in [-0.15, -0.1) is 0 Å². The van der Waals surface area contributed by atoms with Gasteiger partial charge in [-0.05, 0) is 6.42 Å². The van der Waals surface area contributed by atoms with Gasteiger partial charge in [-0.2, -0.15) is 4.39 Å². The molecule has 0 aliphatic rings. The molecule has 0 aliphatic heterocycles. The minimum Gasteiger partial charge on any atom is -0.254 e. The maximum Gasteiger partial charge on any atom is 0.343 e. The minimum absolute atomic E-state index is 0.308. The number of carbonyl (C=O) groups is 1. The predicted molar refractivity (Wildman–Crippen MR) is 35.0 cm³/mol. The number of hydrogen-bond donors (Lipinski definition) is 0. The van der Waals surface area contributed by atoms with Crippen molar-refractivity contribution in [1.29, 1.82) is 0 Å². The molecule has 0 amide bonds. The summed E-state index contributed by atoms with van der Waals surface area (Å²) in [6.45, 7) is 1.92. The van der Waals surface area contributed by atoms with E-state index in [0.29, 0.717) is 6.42 Å². The number of allylic oxidation sites excluding steroid dienone is 2. The first-order chi connectivity index (χ1) is 4.18. The summed E-state index contributed by atoms with van der Waals surface area (Å²) in [5.41, 5.74) is 0. The highest BCUT2D eigenvalue weighted by atomic mass is 35.5. The van der Waals surface area contributed by atoms with Crippen molar-refractivity contribution < 1.29 is 9.18 Å². The van der Waals surface area contributed by atoms with Crippen LogP contribution in [-0.2, 0) is 4.79 Å². The Morgan fingerprint density at radius 2 is 2.33 bits per heavy atom. The third-order valence-electron chi connectivity index (χ3n) is 0.800. The summed E-state index contributed by atoms with van der Waals surface area (Å²) in [5, 5.41) is -0.308. The molecule has 9 heavy (non-hydrogen) atoms. The van der Waals surface area contributed by atoms with Crippen LogP contribution < -0.4 is 0 Å². The van der Waals surface area contributed by atoms with Crippen molar-refractivity contribution in [2.45, 2.75) is 19.8 Å². The molecule has 0 rings (SSSR count). The molecular formula is C6H8ClFO. The molecule has 0 radical (unpaired) electrons. The third kappa shape index (κ3) is 4.15. The normalized spacial score (nSPS) is 11.7. The standard InChI is InChI=1S/C6H8ClFO/c1-2-3-4-5(7)6(8)9/h4H,2-3H2,1H3. The fraction of sp³-hybridized carbons (Fsp3) is 0.500. The molecule has 1 nitrogen and oxygen atoms in total. The van der Waals surface area contributed by atoms with Crippen molar-refractivity contribution in [3.8, 4) is 0 Å². The molecule has 0 fully saturated rings. The van der Waals surface area contributed by atoms with Crippen molar-refractivity contribution >= 4 is 17.6 Å². The van der Waals surface area contributed by atoms with E-state index < -0.39 is 6.04 Å². The summed E-state index contributed by atoms with van der Waals surface area (Å²) in [7, 11) is 0. The smallest absolute Gasteiger partial charge is 0.254 e. The van der Waals surface area contributed by atoms with Crippen LogP contribution in [0.4, 0.5) is 4.39 Å². The lowest BCUT2D eigenvalue weighted by atomic mass is 10.3. The Morgan fingerprint density at radius 3 is 2.67 bits per heavy atom. The van der Waals surface area contributed by atoms with Gasteiger partial charge in [0, 0.05) is 0 Å². The molecule has 0 aromatic carbocycles. The number of unbranched alkanes of at least 4 members (excludes halogenated alkanes) is 1. The summed E-state index contributed by atoms with van der Waals surface area (Å²) in [4.78, 5) is 9.78. The SMILES string of the molecule is CCCC=C(Cl)C(=O)F. The second-order valence-corrected chi connectivity index (χ2v) is 2.02. The minimum atomic E-state index is -1.55. The van der Waals surface area contributed by atoms with Gasteiger partial charge in [0.15, 0.2) is 0 Å². The average molecular weight is 151 g/mol. The predicted octanol–water partition coefficient (Wildman–Crippen LogP) is 2.41. The number of hydrogen-bond acceptors (Lipinski definition) is 1. The number of halogens is 2. The van der Waals surface area contributed by atoms with E-state index in [1.54, 1.807) is 0 Å². The quantitative estimate of drug-likeness (QED) is 0.446. The molecule has 0 spiro atoms. The Labute approximate surface area is 58.5 Å². The zero-order chi connectivity index (χ0) is 7.28. The first-order valence-electron chi connectivity index (χ1n) is 2.74. The second-order valence-electron chi connectivity index (χ2n) is 1.61. The van der Waals surface area contributed by atoms with Crippen LogP contribution in [0.25, 0.3) is 0 Å². The molecule has 0 aliphatic carbocycles. The van der Waals surface area contributed by atoms with Crippen LogP contribution in [0.5, 0.6) is 0 Å². The zero-order valence-corrected chi connectivity index (χ0v) is 5.91. The Balaban J connectivity index is 3.69. The molecule has 0 aromatic heterocycles. The molecule has 3 heteroatoms. The summed E-state index contributed by atoms with van der Waals surface area (Å²) >= 11 is 5.13. The zero-order valence-electron chi connectivity index (χ0n) is 5.16. The van der Waals surface area contributed by atoms with Gasteiger partial charge in [0.05, 0.1) is 0 Å². The van der Waals surface area contributed by atoms with Gasteiger partial charge in [0.2, 0.25) is 0 Å². The average Bonchev–Trinajstić information content (AvgIpc) is 1.82. The summed E-state index contributed by atoms with van der Waals surface area (Å²) < 4.78 is 11.6. The van der Waals surface area contributed by atoms with E-state index in [4.69, 9.17) is 11.6 Å². The molecule has 0 heterocycles. The van der Waals surface area contributed by atoms with Crippen LogP contribution in [0.15, 0.2) is 11.1 Å². The first-order valence-corrected chi connectivity index (χ1v) is 3.11. The summed E-state index contributed by atoms with van der Waals surface area (Å²) in [6.07, 6.45) is 2.89. The molecule has 52 valence electrons. The molecule has 0 N–H and O–H groups in total. The van der Waals surface area contributed by atoms with Gasteiger partial charge >= 0.3 is 6.04 Å². The van der Waals surface area contributed by atoms with E-state index in [2.05, 4.69) is 0 Å². The highest BCUT2D eigenvalue weighted by Crippen LogP contribution is 2.05. The largest absolute Gasteiger partial charge is 0.343 e. The fourth-order valence-electron chi connectivity index (χ4n) is 0.351. The van der Waals surface area contributed by atoms with Crippen molar-refractivity contribution in [1.82, 2.24) is 0 Å². The van der Waals surface area contributed by atoms with Gasteiger partial charge in [-0.25, -0.2) is 0 Å². The van der Waals surface area contributed by atoms with Crippen molar-refractivity contribution in [3.63, 3.8) is 0 Å². The molecule has 0 saturated heterocycles. The third-order valence-corrected chi connectivity index (χ3v) is 1.10. The first kappa shape index (κ1) is 8.63. The maximum atomic E-state index is 11.6. The van der Waals surface area contributed by atoms with Crippen molar-refractivity contribution in [2.24, 2.45) is 0 Å². The van der Waals surface area contributed by atoms with Crippen LogP contribution in [-0.4, -0.2) is 6.04 Å². The molecular weight excluding hydrogens is 143 g/mol. The van der Waals surface area contributed by atoms with Crippen LogP contribution in [0.1, 0.15) is 19.8 Å². The van der Waals surface area contributed by atoms with Crippen LogP contribution in [0.2, 0.25) is 0 Å². The maximum absolute atomic E-state index is 11.6. The van der Waals surface area contributed by atoms with Gasteiger partial charge in [0.25, 0.3) is 0 Å².